The van der Waals surface area contributed by atoms with E-state index in [1.165, 1.54) is 19.3 Å². The van der Waals surface area contributed by atoms with Crippen LogP contribution in [-0.4, -0.2) is 35.5 Å². The summed E-state index contributed by atoms with van der Waals surface area (Å²) < 4.78 is 5.60. The van der Waals surface area contributed by atoms with Gasteiger partial charge >= 0.3 is 6.03 Å². The molecule has 0 unspecified atom stereocenters. The highest BCUT2D eigenvalue weighted by molar-refractivity contribution is 5.73. The number of carbonyl (C=O) groups excluding carboxylic acids is 1. The Morgan fingerprint density at radius 3 is 2.76 bits per heavy atom. The number of furan rings is 1. The SMILES string of the molecule is Cc1ccc(CNC(=O)NC[C@H](c2ccco2)N2CCCCC2)cn1. The van der Waals surface area contributed by atoms with Crippen LogP contribution in [0, 0.1) is 6.92 Å². The molecule has 1 aliphatic rings. The topological polar surface area (TPSA) is 70.4 Å². The van der Waals surface area contributed by atoms with Gasteiger partial charge in [-0.2, -0.15) is 0 Å². The fourth-order valence-electron chi connectivity index (χ4n) is 3.16. The first-order valence-corrected chi connectivity index (χ1v) is 8.93. The zero-order valence-electron chi connectivity index (χ0n) is 14.7. The van der Waals surface area contributed by atoms with Gasteiger partial charge in [0, 0.05) is 25.0 Å². The third-order valence-corrected chi connectivity index (χ3v) is 4.58. The van der Waals surface area contributed by atoms with Gasteiger partial charge in [0.1, 0.15) is 5.76 Å². The van der Waals surface area contributed by atoms with Crippen LogP contribution in [0.5, 0.6) is 0 Å². The fraction of sp³-hybridized carbons (Fsp3) is 0.474. The Morgan fingerprint density at radius 2 is 2.08 bits per heavy atom. The number of rotatable bonds is 6. The largest absolute Gasteiger partial charge is 0.468 e. The number of urea groups is 1. The molecular weight excluding hydrogens is 316 g/mol. The van der Waals surface area contributed by atoms with E-state index in [2.05, 4.69) is 20.5 Å². The Hall–Kier alpha value is -2.34. The van der Waals surface area contributed by atoms with Gasteiger partial charge in [0.2, 0.25) is 0 Å². The third-order valence-electron chi connectivity index (χ3n) is 4.58. The van der Waals surface area contributed by atoms with Crippen molar-refractivity contribution in [3.8, 4) is 0 Å². The highest BCUT2D eigenvalue weighted by Crippen LogP contribution is 2.24. The average Bonchev–Trinajstić information content (AvgIpc) is 3.17. The first-order chi connectivity index (χ1) is 12.2. The molecule has 0 spiro atoms. The molecule has 2 aromatic rings. The number of carbonyl (C=O) groups is 1. The van der Waals surface area contributed by atoms with Crippen molar-refractivity contribution in [2.75, 3.05) is 19.6 Å². The van der Waals surface area contributed by atoms with E-state index in [1.807, 2.05) is 31.2 Å². The van der Waals surface area contributed by atoms with E-state index in [9.17, 15) is 4.79 Å². The number of amides is 2. The second-order valence-electron chi connectivity index (χ2n) is 6.50. The molecule has 0 aromatic carbocycles. The predicted molar refractivity (Wildman–Crippen MR) is 96.1 cm³/mol. The molecule has 0 aliphatic carbocycles. The summed E-state index contributed by atoms with van der Waals surface area (Å²) in [5.41, 5.74) is 1.95. The number of aromatic nitrogens is 1. The van der Waals surface area contributed by atoms with Crippen molar-refractivity contribution >= 4 is 6.03 Å². The van der Waals surface area contributed by atoms with Crippen LogP contribution in [0.25, 0.3) is 0 Å². The third kappa shape index (κ3) is 5.06. The minimum absolute atomic E-state index is 0.0853. The summed E-state index contributed by atoms with van der Waals surface area (Å²) in [4.78, 5) is 18.8. The molecule has 0 radical (unpaired) electrons. The maximum Gasteiger partial charge on any atom is 0.315 e. The second-order valence-corrected chi connectivity index (χ2v) is 6.50. The molecule has 25 heavy (non-hydrogen) atoms. The lowest BCUT2D eigenvalue weighted by Crippen LogP contribution is -2.43. The summed E-state index contributed by atoms with van der Waals surface area (Å²) in [5.74, 6) is 0.907. The van der Waals surface area contributed by atoms with Gasteiger partial charge in [-0.15, -0.1) is 0 Å². The summed E-state index contributed by atoms with van der Waals surface area (Å²) in [5, 5.41) is 5.86. The van der Waals surface area contributed by atoms with Gasteiger partial charge in [0.15, 0.2) is 0 Å². The lowest BCUT2D eigenvalue weighted by atomic mass is 10.1. The molecule has 6 nitrogen and oxygen atoms in total. The maximum atomic E-state index is 12.1. The minimum Gasteiger partial charge on any atom is -0.468 e. The van der Waals surface area contributed by atoms with Crippen molar-refractivity contribution in [3.05, 3.63) is 53.7 Å². The maximum absolute atomic E-state index is 12.1. The standard InChI is InChI=1S/C19H26N4O2/c1-15-7-8-16(12-20-15)13-21-19(24)22-14-17(18-6-5-11-25-18)23-9-3-2-4-10-23/h5-8,11-12,17H,2-4,9-10,13-14H2,1H3,(H2,21,22,24)/t17-/m1/s1. The van der Waals surface area contributed by atoms with E-state index < -0.39 is 0 Å². The highest BCUT2D eigenvalue weighted by atomic mass is 16.3. The summed E-state index contributed by atoms with van der Waals surface area (Å²) in [7, 11) is 0. The lowest BCUT2D eigenvalue weighted by Gasteiger charge is -2.33. The van der Waals surface area contributed by atoms with Crippen molar-refractivity contribution in [1.29, 1.82) is 0 Å². The van der Waals surface area contributed by atoms with Gasteiger partial charge in [-0.05, 0) is 56.6 Å². The number of piperidine rings is 1. The Labute approximate surface area is 148 Å². The minimum atomic E-state index is -0.172. The molecule has 6 heteroatoms. The van der Waals surface area contributed by atoms with Gasteiger partial charge in [0.05, 0.1) is 12.3 Å². The summed E-state index contributed by atoms with van der Waals surface area (Å²) in [6.45, 7) is 5.03. The quantitative estimate of drug-likeness (QED) is 0.847. The molecule has 1 saturated heterocycles. The van der Waals surface area contributed by atoms with Crippen molar-refractivity contribution in [2.24, 2.45) is 0 Å². The number of pyridine rings is 1. The summed E-state index contributed by atoms with van der Waals surface area (Å²) in [6, 6.07) is 7.71. The van der Waals surface area contributed by atoms with E-state index in [4.69, 9.17) is 4.42 Å². The van der Waals surface area contributed by atoms with E-state index >= 15 is 0 Å². The molecule has 1 aliphatic heterocycles. The molecule has 3 rings (SSSR count). The zero-order valence-corrected chi connectivity index (χ0v) is 14.7. The molecule has 2 amide bonds. The first kappa shape index (κ1) is 17.5. The summed E-state index contributed by atoms with van der Waals surface area (Å²) in [6.07, 6.45) is 7.15. The van der Waals surface area contributed by atoms with Crippen LogP contribution >= 0.6 is 0 Å². The Bertz CT molecular complexity index is 649. The molecule has 2 aromatic heterocycles. The molecule has 3 heterocycles. The van der Waals surface area contributed by atoms with Crippen LogP contribution < -0.4 is 10.6 Å². The van der Waals surface area contributed by atoms with Crippen molar-refractivity contribution < 1.29 is 9.21 Å². The van der Waals surface area contributed by atoms with E-state index in [0.29, 0.717) is 13.1 Å². The van der Waals surface area contributed by atoms with Crippen LogP contribution in [0.15, 0.2) is 41.1 Å². The van der Waals surface area contributed by atoms with Crippen LogP contribution in [0.3, 0.4) is 0 Å². The number of hydrogen-bond donors (Lipinski definition) is 2. The van der Waals surface area contributed by atoms with Crippen molar-refractivity contribution in [2.45, 2.75) is 38.8 Å². The normalized spacial score (nSPS) is 16.4. The molecular formula is C19H26N4O2. The molecule has 2 N–H and O–H groups in total. The van der Waals surface area contributed by atoms with E-state index in [1.54, 1.807) is 12.5 Å². The summed E-state index contributed by atoms with van der Waals surface area (Å²) >= 11 is 0. The van der Waals surface area contributed by atoms with Crippen LogP contribution in [0.4, 0.5) is 4.79 Å². The van der Waals surface area contributed by atoms with Crippen LogP contribution in [0.1, 0.15) is 42.3 Å². The Balaban J connectivity index is 1.51. The Kier molecular flexibility index (Phi) is 6.06. The smallest absolute Gasteiger partial charge is 0.315 e. The number of nitrogens with one attached hydrogen (secondary N) is 2. The van der Waals surface area contributed by atoms with Crippen molar-refractivity contribution in [1.82, 2.24) is 20.5 Å². The molecule has 0 saturated carbocycles. The van der Waals surface area contributed by atoms with Gasteiger partial charge in [0.25, 0.3) is 0 Å². The number of likely N-dealkylation sites (tertiary alicyclic amines) is 1. The molecule has 134 valence electrons. The Morgan fingerprint density at radius 1 is 1.24 bits per heavy atom. The van der Waals surface area contributed by atoms with Crippen LogP contribution in [0.2, 0.25) is 0 Å². The molecule has 1 atom stereocenters. The average molecular weight is 342 g/mol. The van der Waals surface area contributed by atoms with E-state index in [-0.39, 0.29) is 12.1 Å². The fourth-order valence-corrected chi connectivity index (χ4v) is 3.16. The monoisotopic (exact) mass is 342 g/mol. The van der Waals surface area contributed by atoms with Crippen molar-refractivity contribution in [3.63, 3.8) is 0 Å². The van der Waals surface area contributed by atoms with Gasteiger partial charge in [-0.3, -0.25) is 9.88 Å². The van der Waals surface area contributed by atoms with Gasteiger partial charge in [-0.25, -0.2) is 4.79 Å². The molecule has 1 fully saturated rings. The second kappa shape index (κ2) is 8.67. The van der Waals surface area contributed by atoms with Gasteiger partial charge in [-0.1, -0.05) is 12.5 Å². The van der Waals surface area contributed by atoms with Crippen LogP contribution in [-0.2, 0) is 6.54 Å². The molecule has 0 bridgehead atoms. The number of hydrogen-bond acceptors (Lipinski definition) is 4. The number of aryl methyl sites for hydroxylation is 1. The lowest BCUT2D eigenvalue weighted by molar-refractivity contribution is 0.143. The zero-order chi connectivity index (χ0) is 17.5. The predicted octanol–water partition coefficient (Wildman–Crippen LogP) is 3.01. The first-order valence-electron chi connectivity index (χ1n) is 8.93. The van der Waals surface area contributed by atoms with Gasteiger partial charge < -0.3 is 15.1 Å². The van der Waals surface area contributed by atoms with E-state index in [0.717, 1.165) is 30.1 Å². The highest BCUT2D eigenvalue weighted by Gasteiger charge is 2.24. The number of nitrogens with zero attached hydrogens (tertiary/aromatic N) is 2.